The molecule has 0 fully saturated rings. The molecule has 0 spiro atoms. The van der Waals surface area contributed by atoms with Crippen LogP contribution < -0.4 is 10.5 Å². The molecule has 0 aliphatic heterocycles. The Balaban J connectivity index is 1.96. The lowest BCUT2D eigenvalue weighted by Crippen LogP contribution is -2.16. The maximum Gasteiger partial charge on any atom is 0.573 e. The molecule has 2 aromatic rings. The Bertz CT molecular complexity index is 569. The Labute approximate surface area is 118 Å². The number of anilines is 1. The first-order valence-corrected chi connectivity index (χ1v) is 6.74. The molecular formula is C14H12F3NOS. The van der Waals surface area contributed by atoms with Gasteiger partial charge >= 0.3 is 6.36 Å². The molecule has 0 aliphatic rings. The van der Waals surface area contributed by atoms with Crippen LogP contribution in [0.5, 0.6) is 5.75 Å². The number of nitrogen functional groups attached to an aromatic ring is 1. The van der Waals surface area contributed by atoms with Crippen LogP contribution in [0.1, 0.15) is 5.56 Å². The lowest BCUT2D eigenvalue weighted by Gasteiger charge is -2.09. The summed E-state index contributed by atoms with van der Waals surface area (Å²) < 4.78 is 39.9. The fraction of sp³-hybridized carbons (Fsp3) is 0.143. The highest BCUT2D eigenvalue weighted by molar-refractivity contribution is 7.98. The van der Waals surface area contributed by atoms with Gasteiger partial charge in [0.25, 0.3) is 0 Å². The van der Waals surface area contributed by atoms with Gasteiger partial charge in [-0.15, -0.1) is 24.9 Å². The molecule has 0 aliphatic carbocycles. The highest BCUT2D eigenvalue weighted by Gasteiger charge is 2.30. The van der Waals surface area contributed by atoms with Gasteiger partial charge in [0, 0.05) is 16.3 Å². The zero-order valence-corrected chi connectivity index (χ0v) is 11.2. The van der Waals surface area contributed by atoms with E-state index >= 15 is 0 Å². The fourth-order valence-electron chi connectivity index (χ4n) is 1.56. The van der Waals surface area contributed by atoms with Crippen LogP contribution in [-0.2, 0) is 5.75 Å². The molecule has 2 N–H and O–H groups in total. The highest BCUT2D eigenvalue weighted by atomic mass is 32.2. The number of nitrogens with two attached hydrogens (primary N) is 1. The molecule has 2 nitrogen and oxygen atoms in total. The summed E-state index contributed by atoms with van der Waals surface area (Å²) in [6.45, 7) is 0. The van der Waals surface area contributed by atoms with E-state index in [4.69, 9.17) is 5.73 Å². The zero-order valence-electron chi connectivity index (χ0n) is 10.4. The minimum atomic E-state index is -4.66. The minimum absolute atomic E-state index is 0.217. The molecule has 0 heterocycles. The standard InChI is InChI=1S/C14H12F3NOS/c15-14(16,17)19-11-7-5-10(6-8-11)9-20-13-4-2-1-3-12(13)18/h1-8H,9,18H2. The normalized spacial score (nSPS) is 11.3. The summed E-state index contributed by atoms with van der Waals surface area (Å²) in [5.74, 6) is 0.408. The SMILES string of the molecule is Nc1ccccc1SCc1ccc(OC(F)(F)F)cc1. The van der Waals surface area contributed by atoms with Crippen molar-refractivity contribution in [3.63, 3.8) is 0 Å². The van der Waals surface area contributed by atoms with Crippen molar-refractivity contribution in [2.75, 3.05) is 5.73 Å². The zero-order chi connectivity index (χ0) is 14.6. The maximum atomic E-state index is 12.0. The predicted octanol–water partition coefficient (Wildman–Crippen LogP) is 4.46. The van der Waals surface area contributed by atoms with Gasteiger partial charge in [-0.05, 0) is 29.8 Å². The topological polar surface area (TPSA) is 35.2 Å². The van der Waals surface area contributed by atoms with E-state index in [1.165, 1.54) is 23.9 Å². The lowest BCUT2D eigenvalue weighted by molar-refractivity contribution is -0.274. The number of halogens is 3. The van der Waals surface area contributed by atoms with Gasteiger partial charge in [0.15, 0.2) is 0 Å². The summed E-state index contributed by atoms with van der Waals surface area (Å²) in [5.41, 5.74) is 7.40. The second kappa shape index (κ2) is 6.09. The average molecular weight is 299 g/mol. The van der Waals surface area contributed by atoms with Crippen LogP contribution in [0.4, 0.5) is 18.9 Å². The summed E-state index contributed by atoms with van der Waals surface area (Å²) in [6, 6.07) is 13.3. The van der Waals surface area contributed by atoms with E-state index in [1.807, 2.05) is 24.3 Å². The summed E-state index contributed by atoms with van der Waals surface area (Å²) in [7, 11) is 0. The van der Waals surface area contributed by atoms with Gasteiger partial charge in [-0.2, -0.15) is 0 Å². The van der Waals surface area contributed by atoms with Crippen LogP contribution in [0.25, 0.3) is 0 Å². The monoisotopic (exact) mass is 299 g/mol. The first-order chi connectivity index (χ1) is 9.44. The van der Waals surface area contributed by atoms with E-state index < -0.39 is 6.36 Å². The quantitative estimate of drug-likeness (QED) is 0.668. The van der Waals surface area contributed by atoms with Crippen LogP contribution >= 0.6 is 11.8 Å². The van der Waals surface area contributed by atoms with Crippen LogP contribution in [0, 0.1) is 0 Å². The molecule has 0 unspecified atom stereocenters. The average Bonchev–Trinajstić information content (AvgIpc) is 2.38. The molecule has 2 aromatic carbocycles. The fourth-order valence-corrected chi connectivity index (χ4v) is 2.48. The van der Waals surface area contributed by atoms with Crippen molar-refractivity contribution < 1.29 is 17.9 Å². The molecule has 6 heteroatoms. The van der Waals surface area contributed by atoms with Crippen LogP contribution in [0.3, 0.4) is 0 Å². The molecule has 0 radical (unpaired) electrons. The van der Waals surface area contributed by atoms with Gasteiger partial charge in [-0.25, -0.2) is 0 Å². The van der Waals surface area contributed by atoms with Crippen molar-refractivity contribution in [3.8, 4) is 5.75 Å². The summed E-state index contributed by atoms with van der Waals surface area (Å²) in [5, 5.41) is 0. The van der Waals surface area contributed by atoms with Gasteiger partial charge in [-0.1, -0.05) is 24.3 Å². The molecule has 0 amide bonds. The third-order valence-corrected chi connectivity index (χ3v) is 3.63. The van der Waals surface area contributed by atoms with Gasteiger partial charge in [0.1, 0.15) is 5.75 Å². The number of benzene rings is 2. The van der Waals surface area contributed by atoms with E-state index in [1.54, 1.807) is 12.1 Å². The van der Waals surface area contributed by atoms with Crippen molar-refractivity contribution in [3.05, 3.63) is 54.1 Å². The largest absolute Gasteiger partial charge is 0.573 e. The van der Waals surface area contributed by atoms with Crippen LogP contribution in [-0.4, -0.2) is 6.36 Å². The van der Waals surface area contributed by atoms with Crippen LogP contribution in [0.15, 0.2) is 53.4 Å². The summed E-state index contributed by atoms with van der Waals surface area (Å²) >= 11 is 1.53. The number of alkyl halides is 3. The highest BCUT2D eigenvalue weighted by Crippen LogP contribution is 2.29. The number of hydrogen-bond acceptors (Lipinski definition) is 3. The van der Waals surface area contributed by atoms with E-state index in [2.05, 4.69) is 4.74 Å². The first kappa shape index (κ1) is 14.6. The number of para-hydroxylation sites is 1. The van der Waals surface area contributed by atoms with Crippen LogP contribution in [0.2, 0.25) is 0 Å². The van der Waals surface area contributed by atoms with Gasteiger partial charge in [-0.3, -0.25) is 0 Å². The lowest BCUT2D eigenvalue weighted by atomic mass is 10.2. The first-order valence-electron chi connectivity index (χ1n) is 5.76. The molecule has 0 saturated heterocycles. The second-order valence-corrected chi connectivity index (χ2v) is 5.04. The number of rotatable bonds is 4. The molecule has 0 bridgehead atoms. The van der Waals surface area contributed by atoms with E-state index in [0.29, 0.717) is 11.4 Å². The second-order valence-electron chi connectivity index (χ2n) is 4.02. The molecule has 20 heavy (non-hydrogen) atoms. The predicted molar refractivity (Wildman–Crippen MR) is 73.5 cm³/mol. The van der Waals surface area contributed by atoms with E-state index in [-0.39, 0.29) is 5.75 Å². The van der Waals surface area contributed by atoms with Crippen molar-refractivity contribution >= 4 is 17.4 Å². The van der Waals surface area contributed by atoms with Crippen molar-refractivity contribution in [2.24, 2.45) is 0 Å². The number of ether oxygens (including phenoxy) is 1. The Morgan fingerprint density at radius 2 is 1.65 bits per heavy atom. The van der Waals surface area contributed by atoms with Gasteiger partial charge < -0.3 is 10.5 Å². The molecule has 0 aromatic heterocycles. The Hall–Kier alpha value is -1.82. The smallest absolute Gasteiger partial charge is 0.406 e. The Morgan fingerprint density at radius 3 is 2.25 bits per heavy atom. The molecule has 0 saturated carbocycles. The van der Waals surface area contributed by atoms with Crippen molar-refractivity contribution in [2.45, 2.75) is 17.0 Å². The summed E-state index contributed by atoms with van der Waals surface area (Å²) in [6.07, 6.45) is -4.66. The number of hydrogen-bond donors (Lipinski definition) is 1. The van der Waals surface area contributed by atoms with Crippen molar-refractivity contribution in [1.82, 2.24) is 0 Å². The molecule has 106 valence electrons. The third-order valence-electron chi connectivity index (χ3n) is 2.47. The van der Waals surface area contributed by atoms with Gasteiger partial charge in [0.2, 0.25) is 0 Å². The Kier molecular flexibility index (Phi) is 4.44. The molecule has 0 atom stereocenters. The minimum Gasteiger partial charge on any atom is -0.406 e. The van der Waals surface area contributed by atoms with E-state index in [0.717, 1.165) is 10.5 Å². The molecule has 2 rings (SSSR count). The van der Waals surface area contributed by atoms with Gasteiger partial charge in [0.05, 0.1) is 0 Å². The van der Waals surface area contributed by atoms with E-state index in [9.17, 15) is 13.2 Å². The Morgan fingerprint density at radius 1 is 1.00 bits per heavy atom. The van der Waals surface area contributed by atoms with Crippen molar-refractivity contribution in [1.29, 1.82) is 0 Å². The summed E-state index contributed by atoms with van der Waals surface area (Å²) in [4.78, 5) is 0.947. The third kappa shape index (κ3) is 4.38. The number of thioether (sulfide) groups is 1. The maximum absolute atomic E-state index is 12.0. The molecular weight excluding hydrogens is 287 g/mol.